The van der Waals surface area contributed by atoms with Gasteiger partial charge in [0, 0.05) is 17.6 Å². The lowest BCUT2D eigenvalue weighted by Crippen LogP contribution is -2.34. The molecule has 5 heteroatoms. The van der Waals surface area contributed by atoms with Crippen LogP contribution in [0.15, 0.2) is 48.0 Å². The average molecular weight is 442 g/mol. The fourth-order valence-corrected chi connectivity index (χ4v) is 3.52. The maximum absolute atomic E-state index is 12.7. The standard InChI is InChI=1S/C26H32ClNO3/c1-17-13-23(27)21(12-11-20-9-7-8-10-25(20)31)15-24(17)28(19(3)29)16-22(30)14-18(2)26(4,5)6/h7-10,13-15,31H,11-12,16H2,1-6H3/b18-14+. The number of benzene rings is 2. The lowest BCUT2D eigenvalue weighted by atomic mass is 9.87. The van der Waals surface area contributed by atoms with Crippen LogP contribution in [0.25, 0.3) is 0 Å². The van der Waals surface area contributed by atoms with Crippen LogP contribution in [0.5, 0.6) is 5.75 Å². The van der Waals surface area contributed by atoms with Gasteiger partial charge in [0.15, 0.2) is 5.78 Å². The van der Waals surface area contributed by atoms with Crippen molar-refractivity contribution in [2.24, 2.45) is 5.41 Å². The molecule has 2 rings (SSSR count). The first kappa shape index (κ1) is 24.7. The number of aryl methyl sites for hydroxylation is 3. The summed E-state index contributed by atoms with van der Waals surface area (Å²) in [5.41, 5.74) is 4.07. The fourth-order valence-electron chi connectivity index (χ4n) is 3.20. The van der Waals surface area contributed by atoms with Gasteiger partial charge in [-0.15, -0.1) is 0 Å². The number of phenols is 1. The largest absolute Gasteiger partial charge is 0.508 e. The second-order valence-corrected chi connectivity index (χ2v) is 9.41. The Hall–Kier alpha value is -2.59. The van der Waals surface area contributed by atoms with Gasteiger partial charge in [0.1, 0.15) is 5.75 Å². The first-order chi connectivity index (χ1) is 14.4. The van der Waals surface area contributed by atoms with Crippen molar-refractivity contribution >= 4 is 29.0 Å². The smallest absolute Gasteiger partial charge is 0.224 e. The number of para-hydroxylation sites is 1. The molecule has 0 radical (unpaired) electrons. The van der Waals surface area contributed by atoms with Crippen molar-refractivity contribution in [1.29, 1.82) is 0 Å². The molecule has 0 fully saturated rings. The summed E-state index contributed by atoms with van der Waals surface area (Å²) in [4.78, 5) is 26.6. The van der Waals surface area contributed by atoms with Gasteiger partial charge in [-0.05, 0) is 73.1 Å². The Morgan fingerprint density at radius 1 is 1.06 bits per heavy atom. The highest BCUT2D eigenvalue weighted by molar-refractivity contribution is 6.31. The minimum atomic E-state index is -0.202. The minimum Gasteiger partial charge on any atom is -0.508 e. The highest BCUT2D eigenvalue weighted by Crippen LogP contribution is 2.30. The average Bonchev–Trinajstić information content (AvgIpc) is 2.66. The molecule has 0 aromatic heterocycles. The molecule has 0 saturated carbocycles. The summed E-state index contributed by atoms with van der Waals surface area (Å²) in [5, 5.41) is 10.6. The first-order valence-electron chi connectivity index (χ1n) is 10.5. The van der Waals surface area contributed by atoms with E-state index in [1.165, 1.54) is 11.8 Å². The van der Waals surface area contributed by atoms with Crippen LogP contribution in [-0.2, 0) is 22.4 Å². The number of allylic oxidation sites excluding steroid dienone is 1. The second-order valence-electron chi connectivity index (χ2n) is 9.01. The van der Waals surface area contributed by atoms with E-state index in [4.69, 9.17) is 11.6 Å². The number of carbonyl (C=O) groups is 2. The first-order valence-corrected chi connectivity index (χ1v) is 10.8. The summed E-state index contributed by atoms with van der Waals surface area (Å²) in [6, 6.07) is 10.9. The topological polar surface area (TPSA) is 57.6 Å². The predicted molar refractivity (Wildman–Crippen MR) is 128 cm³/mol. The summed E-state index contributed by atoms with van der Waals surface area (Å²) in [6.45, 7) is 11.4. The number of hydrogen-bond donors (Lipinski definition) is 1. The van der Waals surface area contributed by atoms with E-state index in [1.54, 1.807) is 18.2 Å². The molecule has 4 nitrogen and oxygen atoms in total. The molecule has 0 atom stereocenters. The second kappa shape index (κ2) is 10.1. The van der Waals surface area contributed by atoms with E-state index in [1.807, 2.05) is 38.1 Å². The van der Waals surface area contributed by atoms with Crippen LogP contribution in [0.4, 0.5) is 5.69 Å². The van der Waals surface area contributed by atoms with Gasteiger partial charge in [0.2, 0.25) is 5.91 Å². The van der Waals surface area contributed by atoms with Crippen molar-refractivity contribution in [3.05, 3.63) is 69.8 Å². The number of amides is 1. The summed E-state index contributed by atoms with van der Waals surface area (Å²) >= 11 is 6.47. The molecule has 31 heavy (non-hydrogen) atoms. The number of rotatable bonds is 7. The van der Waals surface area contributed by atoms with E-state index in [-0.39, 0.29) is 29.4 Å². The number of halogens is 1. The number of nitrogens with zero attached hydrogens (tertiary/aromatic N) is 1. The molecule has 0 heterocycles. The molecule has 0 aliphatic carbocycles. The number of anilines is 1. The number of hydrogen-bond acceptors (Lipinski definition) is 3. The SMILES string of the molecule is CC(=O)N(CC(=O)/C=C(\C)C(C)(C)C)c1cc(CCc2ccccc2O)c(Cl)cc1C. The van der Waals surface area contributed by atoms with Crippen molar-refractivity contribution in [3.8, 4) is 5.75 Å². The van der Waals surface area contributed by atoms with E-state index in [0.717, 1.165) is 22.3 Å². The highest BCUT2D eigenvalue weighted by atomic mass is 35.5. The zero-order valence-corrected chi connectivity index (χ0v) is 20.0. The highest BCUT2D eigenvalue weighted by Gasteiger charge is 2.20. The third-order valence-corrected chi connectivity index (χ3v) is 5.92. The Morgan fingerprint density at radius 3 is 2.26 bits per heavy atom. The molecular formula is C26H32ClNO3. The number of aromatic hydroxyl groups is 1. The van der Waals surface area contributed by atoms with Crippen LogP contribution < -0.4 is 4.90 Å². The maximum atomic E-state index is 12.7. The van der Waals surface area contributed by atoms with Gasteiger partial charge < -0.3 is 10.0 Å². The van der Waals surface area contributed by atoms with E-state index >= 15 is 0 Å². The van der Waals surface area contributed by atoms with Crippen molar-refractivity contribution in [2.75, 3.05) is 11.4 Å². The zero-order chi connectivity index (χ0) is 23.3. The van der Waals surface area contributed by atoms with E-state index < -0.39 is 0 Å². The van der Waals surface area contributed by atoms with Crippen LogP contribution in [-0.4, -0.2) is 23.3 Å². The predicted octanol–water partition coefficient (Wildman–Crippen LogP) is 6.05. The van der Waals surface area contributed by atoms with Gasteiger partial charge in [-0.2, -0.15) is 0 Å². The number of ketones is 1. The monoisotopic (exact) mass is 441 g/mol. The van der Waals surface area contributed by atoms with Crippen molar-refractivity contribution < 1.29 is 14.7 Å². The summed E-state index contributed by atoms with van der Waals surface area (Å²) < 4.78 is 0. The molecule has 0 unspecified atom stereocenters. The third-order valence-electron chi connectivity index (χ3n) is 5.57. The van der Waals surface area contributed by atoms with Crippen LogP contribution in [0.2, 0.25) is 5.02 Å². The molecule has 0 spiro atoms. The van der Waals surface area contributed by atoms with Gasteiger partial charge in [-0.3, -0.25) is 9.59 Å². The molecule has 0 saturated heterocycles. The summed E-state index contributed by atoms with van der Waals surface area (Å²) in [6.07, 6.45) is 2.84. The van der Waals surface area contributed by atoms with E-state index in [9.17, 15) is 14.7 Å². The third kappa shape index (κ3) is 6.70. The fraction of sp³-hybridized carbons (Fsp3) is 0.385. The Labute approximate surface area is 190 Å². The minimum absolute atomic E-state index is 0.0237. The van der Waals surface area contributed by atoms with Crippen molar-refractivity contribution in [3.63, 3.8) is 0 Å². The zero-order valence-electron chi connectivity index (χ0n) is 19.3. The van der Waals surface area contributed by atoms with Gasteiger partial charge in [0.05, 0.1) is 6.54 Å². The van der Waals surface area contributed by atoms with Gasteiger partial charge >= 0.3 is 0 Å². The molecule has 166 valence electrons. The Kier molecular flexibility index (Phi) is 8.08. The Bertz CT molecular complexity index is 1000. The molecule has 1 N–H and O–H groups in total. The lowest BCUT2D eigenvalue weighted by Gasteiger charge is -2.24. The quantitative estimate of drug-likeness (QED) is 0.532. The summed E-state index contributed by atoms with van der Waals surface area (Å²) in [5.74, 6) is -0.0668. The molecule has 1 amide bonds. The van der Waals surface area contributed by atoms with Gasteiger partial charge in [0.25, 0.3) is 0 Å². The van der Waals surface area contributed by atoms with Crippen molar-refractivity contribution in [2.45, 2.75) is 54.4 Å². The van der Waals surface area contributed by atoms with Gasteiger partial charge in [-0.1, -0.05) is 56.1 Å². The molecule has 2 aromatic rings. The van der Waals surface area contributed by atoms with Crippen LogP contribution in [0, 0.1) is 12.3 Å². The van der Waals surface area contributed by atoms with E-state index in [2.05, 4.69) is 20.8 Å². The van der Waals surface area contributed by atoms with Crippen molar-refractivity contribution in [1.82, 2.24) is 0 Å². The lowest BCUT2D eigenvalue weighted by molar-refractivity contribution is -0.119. The van der Waals surface area contributed by atoms with Gasteiger partial charge in [-0.25, -0.2) is 0 Å². The van der Waals surface area contributed by atoms with Crippen LogP contribution in [0.3, 0.4) is 0 Å². The van der Waals surface area contributed by atoms with Crippen LogP contribution >= 0.6 is 11.6 Å². The Balaban J connectivity index is 2.31. The molecular weight excluding hydrogens is 410 g/mol. The number of phenolic OH excluding ortho intramolecular Hbond substituents is 1. The molecule has 0 bridgehead atoms. The Morgan fingerprint density at radius 2 is 1.68 bits per heavy atom. The van der Waals surface area contributed by atoms with E-state index in [0.29, 0.717) is 23.6 Å². The van der Waals surface area contributed by atoms with Crippen LogP contribution in [0.1, 0.15) is 51.3 Å². The molecule has 0 aliphatic rings. The number of carbonyl (C=O) groups excluding carboxylic acids is 2. The summed E-state index contributed by atoms with van der Waals surface area (Å²) in [7, 11) is 0. The normalized spacial score (nSPS) is 12.0. The molecule has 2 aromatic carbocycles. The maximum Gasteiger partial charge on any atom is 0.224 e. The molecule has 0 aliphatic heterocycles.